The molecule has 0 radical (unpaired) electrons. The quantitative estimate of drug-likeness (QED) is 0.441. The number of benzene rings is 3. The molecule has 7 heteroatoms. The lowest BCUT2D eigenvalue weighted by Crippen LogP contribution is -2.20. The molecule has 1 aliphatic carbocycles. The number of amides is 1. The molecule has 1 amide bonds. The van der Waals surface area contributed by atoms with Crippen molar-refractivity contribution in [2.45, 2.75) is 12.8 Å². The molecule has 5 rings (SSSR count). The number of nitrogens with zero attached hydrogens (tertiary/aromatic N) is 1. The summed E-state index contributed by atoms with van der Waals surface area (Å²) in [5.74, 6) is 0.123. The number of fused-ring (bicyclic) bond motifs is 2. The Morgan fingerprint density at radius 2 is 2.00 bits per heavy atom. The van der Waals surface area contributed by atoms with Crippen molar-refractivity contribution < 1.29 is 9.53 Å². The van der Waals surface area contributed by atoms with Crippen molar-refractivity contribution in [1.82, 2.24) is 4.98 Å². The summed E-state index contributed by atoms with van der Waals surface area (Å²) < 4.78 is 6.57. The van der Waals surface area contributed by atoms with Gasteiger partial charge < -0.3 is 4.74 Å². The molecule has 4 aromatic rings. The Bertz CT molecular complexity index is 1250. The van der Waals surface area contributed by atoms with Gasteiger partial charge in [-0.05, 0) is 53.6 Å². The fourth-order valence-electron chi connectivity index (χ4n) is 3.65. The molecule has 0 saturated carbocycles. The molecular formula is C21H14Cl2N2O2S. The molecule has 140 valence electrons. The van der Waals surface area contributed by atoms with Gasteiger partial charge in [-0.1, -0.05) is 52.7 Å². The molecular weight excluding hydrogens is 415 g/mol. The van der Waals surface area contributed by atoms with Gasteiger partial charge >= 0.3 is 0 Å². The summed E-state index contributed by atoms with van der Waals surface area (Å²) in [7, 11) is 0. The van der Waals surface area contributed by atoms with Crippen LogP contribution in [0.1, 0.15) is 11.1 Å². The van der Waals surface area contributed by atoms with Crippen molar-refractivity contribution >= 4 is 66.6 Å². The van der Waals surface area contributed by atoms with Crippen LogP contribution in [0.4, 0.5) is 5.13 Å². The Balaban J connectivity index is 1.37. The molecule has 4 nitrogen and oxygen atoms in total. The van der Waals surface area contributed by atoms with E-state index in [-0.39, 0.29) is 12.5 Å². The minimum atomic E-state index is -0.289. The number of thiazole rings is 1. The van der Waals surface area contributed by atoms with Crippen molar-refractivity contribution in [2.75, 3.05) is 11.9 Å². The molecule has 0 fully saturated rings. The van der Waals surface area contributed by atoms with Gasteiger partial charge in [0.2, 0.25) is 0 Å². The van der Waals surface area contributed by atoms with E-state index in [1.54, 1.807) is 18.2 Å². The van der Waals surface area contributed by atoms with Crippen LogP contribution in [0.5, 0.6) is 5.75 Å². The lowest BCUT2D eigenvalue weighted by atomic mass is 10.0. The topological polar surface area (TPSA) is 51.2 Å². The number of hydrogen-bond donors (Lipinski definition) is 1. The van der Waals surface area contributed by atoms with Crippen LogP contribution in [0, 0.1) is 0 Å². The summed E-state index contributed by atoms with van der Waals surface area (Å²) >= 11 is 13.4. The van der Waals surface area contributed by atoms with Crippen molar-refractivity contribution in [2.24, 2.45) is 0 Å². The summed E-state index contributed by atoms with van der Waals surface area (Å²) in [5, 5.41) is 6.74. The number of carbonyl (C=O) groups is 1. The van der Waals surface area contributed by atoms with Gasteiger partial charge in [0.15, 0.2) is 11.7 Å². The van der Waals surface area contributed by atoms with Crippen LogP contribution in [-0.4, -0.2) is 17.5 Å². The monoisotopic (exact) mass is 428 g/mol. The van der Waals surface area contributed by atoms with E-state index in [0.717, 1.165) is 28.4 Å². The zero-order chi connectivity index (χ0) is 19.3. The molecule has 0 unspecified atom stereocenters. The molecule has 1 aromatic heterocycles. The molecule has 1 heterocycles. The first kappa shape index (κ1) is 17.7. The molecule has 3 aromatic carbocycles. The van der Waals surface area contributed by atoms with E-state index < -0.39 is 0 Å². The van der Waals surface area contributed by atoms with Gasteiger partial charge in [0, 0.05) is 10.4 Å². The highest BCUT2D eigenvalue weighted by Crippen LogP contribution is 2.39. The van der Waals surface area contributed by atoms with Crippen LogP contribution in [-0.2, 0) is 17.6 Å². The smallest absolute Gasteiger partial charge is 0.264 e. The number of halogens is 2. The number of aryl methyl sites for hydroxylation is 2. The zero-order valence-corrected chi connectivity index (χ0v) is 16.9. The maximum Gasteiger partial charge on any atom is 0.264 e. The second-order valence-electron chi connectivity index (χ2n) is 6.65. The third kappa shape index (κ3) is 3.09. The number of nitrogens with one attached hydrogen (secondary N) is 1. The summed E-state index contributed by atoms with van der Waals surface area (Å²) in [4.78, 5) is 17.0. The van der Waals surface area contributed by atoms with Gasteiger partial charge in [-0.3, -0.25) is 10.1 Å². The second-order valence-corrected chi connectivity index (χ2v) is 8.53. The number of rotatable bonds is 4. The predicted octanol–water partition coefficient (Wildman–Crippen LogP) is 5.87. The minimum Gasteiger partial charge on any atom is -0.482 e. The SMILES string of the molecule is O=C(COc1ccc(Cl)cc1Cl)Nc1nc2c(cc3c4c(cccc42)CC3)s1. The van der Waals surface area contributed by atoms with Crippen molar-refractivity contribution in [3.8, 4) is 5.75 Å². The fraction of sp³-hybridized carbons (Fsp3) is 0.143. The van der Waals surface area contributed by atoms with Gasteiger partial charge in [0.25, 0.3) is 5.91 Å². The van der Waals surface area contributed by atoms with E-state index in [4.69, 9.17) is 27.9 Å². The molecule has 28 heavy (non-hydrogen) atoms. The number of aromatic nitrogens is 1. The van der Waals surface area contributed by atoms with Gasteiger partial charge in [-0.25, -0.2) is 4.98 Å². The van der Waals surface area contributed by atoms with Crippen molar-refractivity contribution in [1.29, 1.82) is 0 Å². The van der Waals surface area contributed by atoms with Crippen molar-refractivity contribution in [3.63, 3.8) is 0 Å². The van der Waals surface area contributed by atoms with Gasteiger partial charge in [0.1, 0.15) is 5.75 Å². The van der Waals surface area contributed by atoms with E-state index in [1.807, 2.05) is 0 Å². The molecule has 0 atom stereocenters. The van der Waals surface area contributed by atoms with Crippen LogP contribution in [0.15, 0.2) is 42.5 Å². The van der Waals surface area contributed by atoms with Gasteiger partial charge in [-0.15, -0.1) is 0 Å². The van der Waals surface area contributed by atoms with Crippen LogP contribution >= 0.6 is 34.5 Å². The Morgan fingerprint density at radius 3 is 2.86 bits per heavy atom. The van der Waals surface area contributed by atoms with Crippen molar-refractivity contribution in [3.05, 3.63) is 63.6 Å². The predicted molar refractivity (Wildman–Crippen MR) is 115 cm³/mol. The lowest BCUT2D eigenvalue weighted by molar-refractivity contribution is -0.118. The largest absolute Gasteiger partial charge is 0.482 e. The fourth-order valence-corrected chi connectivity index (χ4v) is 5.08. The molecule has 1 aliphatic rings. The Labute approximate surface area is 175 Å². The number of anilines is 1. The summed E-state index contributed by atoms with van der Waals surface area (Å²) in [6.07, 6.45) is 2.14. The lowest BCUT2D eigenvalue weighted by Gasteiger charge is -2.07. The highest BCUT2D eigenvalue weighted by molar-refractivity contribution is 7.22. The highest BCUT2D eigenvalue weighted by Gasteiger charge is 2.19. The third-order valence-electron chi connectivity index (χ3n) is 4.85. The summed E-state index contributed by atoms with van der Waals surface area (Å²) in [5.41, 5.74) is 3.67. The van der Waals surface area contributed by atoms with Crippen LogP contribution in [0.2, 0.25) is 10.0 Å². The van der Waals surface area contributed by atoms with E-state index in [9.17, 15) is 4.79 Å². The molecule has 1 N–H and O–H groups in total. The van der Waals surface area contributed by atoms with Crippen LogP contribution < -0.4 is 10.1 Å². The first-order valence-corrected chi connectivity index (χ1v) is 10.4. The average Bonchev–Trinajstić information content (AvgIpc) is 3.26. The maximum absolute atomic E-state index is 12.3. The molecule has 0 spiro atoms. The number of hydrogen-bond acceptors (Lipinski definition) is 4. The third-order valence-corrected chi connectivity index (χ3v) is 6.30. The average molecular weight is 429 g/mol. The molecule has 0 saturated heterocycles. The van der Waals surface area contributed by atoms with Gasteiger partial charge in [0.05, 0.1) is 15.2 Å². The van der Waals surface area contributed by atoms with E-state index in [2.05, 4.69) is 34.6 Å². The van der Waals surface area contributed by atoms with Crippen LogP contribution in [0.3, 0.4) is 0 Å². The first-order chi connectivity index (χ1) is 13.6. The van der Waals surface area contributed by atoms with Crippen LogP contribution in [0.25, 0.3) is 21.0 Å². The minimum absolute atomic E-state index is 0.159. The Kier molecular flexibility index (Phi) is 4.38. The maximum atomic E-state index is 12.3. The number of carbonyl (C=O) groups excluding carboxylic acids is 1. The summed E-state index contributed by atoms with van der Waals surface area (Å²) in [6, 6.07) is 13.4. The first-order valence-electron chi connectivity index (χ1n) is 8.80. The molecule has 0 bridgehead atoms. The normalized spacial score (nSPS) is 12.6. The molecule has 0 aliphatic heterocycles. The summed E-state index contributed by atoms with van der Waals surface area (Å²) in [6.45, 7) is -0.159. The van der Waals surface area contributed by atoms with E-state index in [0.29, 0.717) is 20.9 Å². The Hall–Kier alpha value is -2.34. The zero-order valence-electron chi connectivity index (χ0n) is 14.6. The van der Waals surface area contributed by atoms with E-state index >= 15 is 0 Å². The second kappa shape index (κ2) is 6.92. The number of ether oxygens (including phenoxy) is 1. The van der Waals surface area contributed by atoms with E-state index in [1.165, 1.54) is 27.8 Å². The standard InChI is InChI=1S/C21H14Cl2N2O2S/c22-13-6-7-16(15(23)9-13)27-10-18(26)24-21-25-20-14-3-1-2-11-4-5-12(19(11)14)8-17(20)28-21/h1-3,6-9H,4-5,10H2,(H,24,25,26). The van der Waals surface area contributed by atoms with Gasteiger partial charge in [-0.2, -0.15) is 0 Å². The Morgan fingerprint density at radius 1 is 1.14 bits per heavy atom. The highest BCUT2D eigenvalue weighted by atomic mass is 35.5.